The van der Waals surface area contributed by atoms with Crippen LogP contribution >= 0.6 is 23.2 Å². The van der Waals surface area contributed by atoms with E-state index >= 15 is 0 Å². The molecule has 0 heterocycles. The smallest absolute Gasteiger partial charge is 0.327 e. The molecule has 2 aromatic rings. The fraction of sp³-hybridized carbons (Fsp3) is 0.176. The van der Waals surface area contributed by atoms with Gasteiger partial charge in [0, 0.05) is 10.0 Å². The molecule has 2 rings (SSSR count). The third-order valence-corrected chi connectivity index (χ3v) is 3.72. The van der Waals surface area contributed by atoms with Gasteiger partial charge < -0.3 is 21.9 Å². The lowest BCUT2D eigenvalue weighted by molar-refractivity contribution is -0.142. The standard InChI is InChI=1S/C9H10ClNO2.C8H9ClN2O/c1-13-9(12)8(11)6-2-4-7(10)5-3-6;9-6-3-1-5(2-4-6)7(10)8(11)12/h2-5,8H,11H2,1H3;1-4,7H,10H2,(H2,11,12). The second-order valence-corrected chi connectivity index (χ2v) is 5.86. The molecule has 2 atom stereocenters. The van der Waals surface area contributed by atoms with E-state index in [-0.39, 0.29) is 0 Å². The summed E-state index contributed by atoms with van der Waals surface area (Å²) in [4.78, 5) is 21.7. The van der Waals surface area contributed by atoms with E-state index in [2.05, 4.69) is 4.74 Å². The number of halogens is 2. The minimum atomic E-state index is -0.748. The lowest BCUT2D eigenvalue weighted by atomic mass is 10.1. The van der Waals surface area contributed by atoms with Crippen LogP contribution in [0, 0.1) is 0 Å². The van der Waals surface area contributed by atoms with Crippen LogP contribution in [0.2, 0.25) is 10.0 Å². The van der Waals surface area contributed by atoms with Gasteiger partial charge in [0.2, 0.25) is 5.91 Å². The molecule has 6 nitrogen and oxygen atoms in total. The summed E-state index contributed by atoms with van der Waals surface area (Å²) < 4.78 is 4.50. The Morgan fingerprint density at radius 2 is 1.20 bits per heavy atom. The molecule has 25 heavy (non-hydrogen) atoms. The second-order valence-electron chi connectivity index (χ2n) is 4.98. The SMILES string of the molecule is COC(=O)C(N)c1ccc(Cl)cc1.NC(=O)C(N)c1ccc(Cl)cc1. The van der Waals surface area contributed by atoms with Gasteiger partial charge in [0.15, 0.2) is 0 Å². The first-order chi connectivity index (χ1) is 11.8. The molecule has 134 valence electrons. The number of amides is 1. The van der Waals surface area contributed by atoms with Crippen molar-refractivity contribution >= 4 is 35.1 Å². The van der Waals surface area contributed by atoms with Gasteiger partial charge in [-0.1, -0.05) is 47.5 Å². The summed E-state index contributed by atoms with van der Waals surface area (Å²) in [5, 5.41) is 1.22. The fourth-order valence-electron chi connectivity index (χ4n) is 1.77. The van der Waals surface area contributed by atoms with Crippen molar-refractivity contribution in [2.75, 3.05) is 7.11 Å². The lowest BCUT2D eigenvalue weighted by Crippen LogP contribution is -2.28. The van der Waals surface area contributed by atoms with E-state index in [1.165, 1.54) is 7.11 Å². The van der Waals surface area contributed by atoms with E-state index in [1.54, 1.807) is 48.5 Å². The molecule has 8 heteroatoms. The van der Waals surface area contributed by atoms with E-state index in [0.717, 1.165) is 0 Å². The van der Waals surface area contributed by atoms with E-state index < -0.39 is 24.0 Å². The summed E-state index contributed by atoms with van der Waals surface area (Å²) in [6, 6.07) is 12.0. The lowest BCUT2D eigenvalue weighted by Gasteiger charge is -2.08. The Bertz CT molecular complexity index is 706. The molecular weight excluding hydrogens is 365 g/mol. The Labute approximate surface area is 155 Å². The van der Waals surface area contributed by atoms with Crippen molar-refractivity contribution in [3.05, 3.63) is 69.7 Å². The van der Waals surface area contributed by atoms with Gasteiger partial charge in [0.1, 0.15) is 12.1 Å². The number of benzene rings is 2. The first-order valence-corrected chi connectivity index (χ1v) is 7.91. The van der Waals surface area contributed by atoms with Crippen molar-refractivity contribution in [2.45, 2.75) is 12.1 Å². The highest BCUT2D eigenvalue weighted by molar-refractivity contribution is 6.30. The maximum atomic E-state index is 11.0. The zero-order valence-electron chi connectivity index (χ0n) is 13.5. The summed E-state index contributed by atoms with van der Waals surface area (Å²) >= 11 is 11.3. The number of carbonyl (C=O) groups excluding carboxylic acids is 2. The van der Waals surface area contributed by atoms with Crippen LogP contribution in [-0.2, 0) is 14.3 Å². The monoisotopic (exact) mass is 383 g/mol. The van der Waals surface area contributed by atoms with Gasteiger partial charge in [0.05, 0.1) is 7.11 Å². The van der Waals surface area contributed by atoms with Crippen LogP contribution < -0.4 is 17.2 Å². The van der Waals surface area contributed by atoms with Crippen LogP contribution in [0.5, 0.6) is 0 Å². The van der Waals surface area contributed by atoms with E-state index in [9.17, 15) is 9.59 Å². The summed E-state index contributed by atoms with van der Waals surface area (Å²) in [5.41, 5.74) is 17.4. The number of primary amides is 1. The molecule has 0 aliphatic heterocycles. The molecule has 2 unspecified atom stereocenters. The Kier molecular flexibility index (Phi) is 8.37. The Hall–Kier alpha value is -2.12. The fourth-order valence-corrected chi connectivity index (χ4v) is 2.02. The number of esters is 1. The van der Waals surface area contributed by atoms with Crippen molar-refractivity contribution in [1.29, 1.82) is 0 Å². The second kappa shape index (κ2) is 10.0. The number of hydrogen-bond donors (Lipinski definition) is 3. The number of ether oxygens (including phenoxy) is 1. The maximum Gasteiger partial charge on any atom is 0.327 e. The highest BCUT2D eigenvalue weighted by atomic mass is 35.5. The van der Waals surface area contributed by atoms with Crippen LogP contribution in [0.3, 0.4) is 0 Å². The topological polar surface area (TPSA) is 121 Å². The minimum Gasteiger partial charge on any atom is -0.468 e. The third kappa shape index (κ3) is 6.72. The Balaban J connectivity index is 0.000000251. The van der Waals surface area contributed by atoms with Crippen LogP contribution in [0.4, 0.5) is 0 Å². The van der Waals surface area contributed by atoms with Crippen molar-refractivity contribution in [3.63, 3.8) is 0 Å². The van der Waals surface area contributed by atoms with E-state index in [1.807, 2.05) is 0 Å². The highest BCUT2D eigenvalue weighted by Gasteiger charge is 2.15. The number of methoxy groups -OCH3 is 1. The Morgan fingerprint density at radius 1 is 0.840 bits per heavy atom. The first-order valence-electron chi connectivity index (χ1n) is 7.15. The molecule has 0 aliphatic carbocycles. The molecule has 2 aromatic carbocycles. The predicted molar refractivity (Wildman–Crippen MR) is 98.0 cm³/mol. The number of hydrogen-bond acceptors (Lipinski definition) is 5. The molecule has 0 saturated heterocycles. The molecule has 0 bridgehead atoms. The third-order valence-electron chi connectivity index (χ3n) is 3.22. The van der Waals surface area contributed by atoms with Crippen molar-refractivity contribution in [2.24, 2.45) is 17.2 Å². The van der Waals surface area contributed by atoms with Crippen LogP contribution in [0.25, 0.3) is 0 Å². The van der Waals surface area contributed by atoms with Gasteiger partial charge in [-0.3, -0.25) is 9.59 Å². The van der Waals surface area contributed by atoms with Gasteiger partial charge in [-0.05, 0) is 35.4 Å². The zero-order chi connectivity index (χ0) is 19.0. The molecule has 0 spiro atoms. The molecule has 6 N–H and O–H groups in total. The predicted octanol–water partition coefficient (Wildman–Crippen LogP) is 2.34. The molecule has 1 amide bonds. The average Bonchev–Trinajstić information content (AvgIpc) is 2.61. The quantitative estimate of drug-likeness (QED) is 0.699. The van der Waals surface area contributed by atoms with Gasteiger partial charge in [0.25, 0.3) is 0 Å². The molecule has 0 aromatic heterocycles. The summed E-state index contributed by atoms with van der Waals surface area (Å²) in [6.07, 6.45) is 0. The van der Waals surface area contributed by atoms with Crippen molar-refractivity contribution < 1.29 is 14.3 Å². The zero-order valence-corrected chi connectivity index (χ0v) is 15.0. The van der Waals surface area contributed by atoms with Crippen LogP contribution in [-0.4, -0.2) is 19.0 Å². The number of nitrogens with two attached hydrogens (primary N) is 3. The van der Waals surface area contributed by atoms with Gasteiger partial charge >= 0.3 is 5.97 Å². The first kappa shape index (κ1) is 20.9. The molecular formula is C17H19Cl2N3O3. The van der Waals surface area contributed by atoms with Crippen LogP contribution in [0.1, 0.15) is 23.2 Å². The van der Waals surface area contributed by atoms with Crippen molar-refractivity contribution in [1.82, 2.24) is 0 Å². The minimum absolute atomic E-state index is 0.456. The van der Waals surface area contributed by atoms with Gasteiger partial charge in [-0.25, -0.2) is 0 Å². The molecule has 0 fully saturated rings. The van der Waals surface area contributed by atoms with Gasteiger partial charge in [-0.2, -0.15) is 0 Å². The number of carbonyl (C=O) groups is 2. The highest BCUT2D eigenvalue weighted by Crippen LogP contribution is 2.15. The maximum absolute atomic E-state index is 11.0. The van der Waals surface area contributed by atoms with Crippen LogP contribution in [0.15, 0.2) is 48.5 Å². The van der Waals surface area contributed by atoms with E-state index in [4.69, 9.17) is 40.4 Å². The molecule has 0 aliphatic rings. The average molecular weight is 384 g/mol. The van der Waals surface area contributed by atoms with E-state index in [0.29, 0.717) is 21.2 Å². The Morgan fingerprint density at radius 3 is 1.52 bits per heavy atom. The number of rotatable bonds is 4. The summed E-state index contributed by atoms with van der Waals surface area (Å²) in [5.74, 6) is -1.00. The van der Waals surface area contributed by atoms with Crippen molar-refractivity contribution in [3.8, 4) is 0 Å². The van der Waals surface area contributed by atoms with Gasteiger partial charge in [-0.15, -0.1) is 0 Å². The molecule has 0 radical (unpaired) electrons. The summed E-state index contributed by atoms with van der Waals surface area (Å²) in [6.45, 7) is 0. The molecule has 0 saturated carbocycles. The summed E-state index contributed by atoms with van der Waals surface area (Å²) in [7, 11) is 1.30. The normalized spacial score (nSPS) is 12.4. The largest absolute Gasteiger partial charge is 0.468 e.